The van der Waals surface area contributed by atoms with Gasteiger partial charge in [0.15, 0.2) is 0 Å². The van der Waals surface area contributed by atoms with Gasteiger partial charge in [0.2, 0.25) is 0 Å². The van der Waals surface area contributed by atoms with Gasteiger partial charge in [0, 0.05) is 12.4 Å². The molecule has 0 fully saturated rings. The van der Waals surface area contributed by atoms with Crippen LogP contribution in [-0.4, -0.2) is 9.97 Å². The molecule has 0 bridgehead atoms. The molecule has 0 saturated heterocycles. The van der Waals surface area contributed by atoms with Crippen molar-refractivity contribution in [3.05, 3.63) is 47.8 Å². The molecule has 112 valence electrons. The van der Waals surface area contributed by atoms with Gasteiger partial charge in [-0.25, -0.2) is 9.97 Å². The van der Waals surface area contributed by atoms with E-state index >= 15 is 0 Å². The van der Waals surface area contributed by atoms with E-state index in [1.54, 1.807) is 0 Å². The molecule has 0 unspecified atom stereocenters. The van der Waals surface area contributed by atoms with Crippen molar-refractivity contribution >= 4 is 11.6 Å². The largest absolute Gasteiger partial charge is 0.325 e. The van der Waals surface area contributed by atoms with Crippen LogP contribution in [0.1, 0.15) is 50.7 Å². The molecule has 0 aliphatic rings. The molecule has 0 aromatic carbocycles. The molecule has 3 nitrogen and oxygen atoms in total. The average molecular weight is 283 g/mol. The predicted octanol–water partition coefficient (Wildman–Crippen LogP) is 4.91. The number of nitrogens with one attached hydrogen (secondary N) is 1. The molecule has 0 amide bonds. The maximum Gasteiger partial charge on any atom is 0.131 e. The van der Waals surface area contributed by atoms with Crippen LogP contribution in [0.3, 0.4) is 0 Å². The fraction of sp³-hybridized carbons (Fsp3) is 0.444. The van der Waals surface area contributed by atoms with Crippen molar-refractivity contribution in [2.24, 2.45) is 0 Å². The van der Waals surface area contributed by atoms with E-state index in [0.29, 0.717) is 0 Å². The second-order valence-electron chi connectivity index (χ2n) is 5.44. The second kappa shape index (κ2) is 8.40. The number of rotatable bonds is 8. The van der Waals surface area contributed by atoms with Crippen LogP contribution >= 0.6 is 0 Å². The lowest BCUT2D eigenvalue weighted by Crippen LogP contribution is -1.97. The standard InChI is InChI=1S/C18H25N3/c1-3-5-7-15-9-11-17(19-13-15)21-18-12-10-16(14-20-18)8-6-4-2/h9-14H,3-8H2,1-2H3,(H,19,20,21). The monoisotopic (exact) mass is 283 g/mol. The van der Waals surface area contributed by atoms with E-state index in [1.165, 1.54) is 36.8 Å². The Balaban J connectivity index is 1.91. The molecular weight excluding hydrogens is 258 g/mol. The molecule has 2 aromatic heterocycles. The van der Waals surface area contributed by atoms with Crippen LogP contribution in [-0.2, 0) is 12.8 Å². The van der Waals surface area contributed by atoms with Crippen LogP contribution in [0, 0.1) is 0 Å². The maximum absolute atomic E-state index is 4.45. The van der Waals surface area contributed by atoms with Gasteiger partial charge in [-0.3, -0.25) is 0 Å². The predicted molar refractivity (Wildman–Crippen MR) is 89.0 cm³/mol. The molecule has 0 aliphatic carbocycles. The number of unbranched alkanes of at least 4 members (excludes halogenated alkanes) is 2. The molecule has 0 aliphatic heterocycles. The van der Waals surface area contributed by atoms with Crippen LogP contribution in [0.4, 0.5) is 11.6 Å². The SMILES string of the molecule is CCCCc1ccc(Nc2ccc(CCCC)cn2)nc1. The van der Waals surface area contributed by atoms with E-state index in [9.17, 15) is 0 Å². The quantitative estimate of drug-likeness (QED) is 0.748. The first-order chi connectivity index (χ1) is 10.3. The molecule has 2 heterocycles. The number of aryl methyl sites for hydroxylation is 2. The Morgan fingerprint density at radius 3 is 1.57 bits per heavy atom. The lowest BCUT2D eigenvalue weighted by molar-refractivity contribution is 0.792. The van der Waals surface area contributed by atoms with Crippen LogP contribution in [0.25, 0.3) is 0 Å². The Kier molecular flexibility index (Phi) is 6.20. The maximum atomic E-state index is 4.45. The summed E-state index contributed by atoms with van der Waals surface area (Å²) < 4.78 is 0. The second-order valence-corrected chi connectivity index (χ2v) is 5.44. The summed E-state index contributed by atoms with van der Waals surface area (Å²) in [6.07, 6.45) is 11.0. The minimum Gasteiger partial charge on any atom is -0.325 e. The summed E-state index contributed by atoms with van der Waals surface area (Å²) in [5, 5.41) is 3.25. The van der Waals surface area contributed by atoms with Crippen molar-refractivity contribution in [1.29, 1.82) is 0 Å². The summed E-state index contributed by atoms with van der Waals surface area (Å²) in [4.78, 5) is 8.90. The van der Waals surface area contributed by atoms with E-state index < -0.39 is 0 Å². The molecule has 2 rings (SSSR count). The number of nitrogens with zero attached hydrogens (tertiary/aromatic N) is 2. The Morgan fingerprint density at radius 2 is 1.24 bits per heavy atom. The van der Waals surface area contributed by atoms with Gasteiger partial charge < -0.3 is 5.32 Å². The van der Waals surface area contributed by atoms with E-state index in [0.717, 1.165) is 24.5 Å². The van der Waals surface area contributed by atoms with Gasteiger partial charge in [0.1, 0.15) is 11.6 Å². The van der Waals surface area contributed by atoms with E-state index in [2.05, 4.69) is 41.3 Å². The van der Waals surface area contributed by atoms with Crippen molar-refractivity contribution < 1.29 is 0 Å². The molecule has 0 radical (unpaired) electrons. The Labute approximate surface area is 127 Å². The van der Waals surface area contributed by atoms with Gasteiger partial charge in [-0.15, -0.1) is 0 Å². The van der Waals surface area contributed by atoms with Crippen molar-refractivity contribution in [1.82, 2.24) is 9.97 Å². The van der Waals surface area contributed by atoms with Gasteiger partial charge in [0.25, 0.3) is 0 Å². The van der Waals surface area contributed by atoms with Crippen molar-refractivity contribution in [2.75, 3.05) is 5.32 Å². The topological polar surface area (TPSA) is 37.8 Å². The number of hydrogen-bond donors (Lipinski definition) is 1. The van der Waals surface area contributed by atoms with Crippen molar-refractivity contribution in [3.63, 3.8) is 0 Å². The molecule has 2 aromatic rings. The molecule has 1 N–H and O–H groups in total. The smallest absolute Gasteiger partial charge is 0.131 e. The van der Waals surface area contributed by atoms with Crippen LogP contribution in [0.2, 0.25) is 0 Å². The lowest BCUT2D eigenvalue weighted by Gasteiger charge is -2.07. The highest BCUT2D eigenvalue weighted by Crippen LogP contribution is 2.14. The third-order valence-corrected chi connectivity index (χ3v) is 3.54. The number of aromatic nitrogens is 2. The van der Waals surface area contributed by atoms with Gasteiger partial charge in [-0.2, -0.15) is 0 Å². The number of hydrogen-bond acceptors (Lipinski definition) is 3. The zero-order valence-electron chi connectivity index (χ0n) is 13.1. The van der Waals surface area contributed by atoms with E-state index in [-0.39, 0.29) is 0 Å². The Bertz CT molecular complexity index is 468. The molecular formula is C18H25N3. The zero-order valence-corrected chi connectivity index (χ0v) is 13.1. The first-order valence-corrected chi connectivity index (χ1v) is 7.98. The third kappa shape index (κ3) is 5.18. The highest BCUT2D eigenvalue weighted by molar-refractivity contribution is 5.51. The summed E-state index contributed by atoms with van der Waals surface area (Å²) >= 11 is 0. The van der Waals surface area contributed by atoms with Gasteiger partial charge in [-0.1, -0.05) is 38.8 Å². The zero-order chi connectivity index (χ0) is 14.9. The Morgan fingerprint density at radius 1 is 0.762 bits per heavy atom. The highest BCUT2D eigenvalue weighted by Gasteiger charge is 1.99. The van der Waals surface area contributed by atoms with E-state index in [1.807, 2.05) is 24.5 Å². The van der Waals surface area contributed by atoms with Gasteiger partial charge in [0.05, 0.1) is 0 Å². The first-order valence-electron chi connectivity index (χ1n) is 7.98. The van der Waals surface area contributed by atoms with Crippen LogP contribution in [0.5, 0.6) is 0 Å². The molecule has 0 saturated carbocycles. The first kappa shape index (κ1) is 15.5. The summed E-state index contributed by atoms with van der Waals surface area (Å²) in [6.45, 7) is 4.42. The molecule has 3 heteroatoms. The fourth-order valence-electron chi connectivity index (χ4n) is 2.19. The molecule has 0 spiro atoms. The number of anilines is 2. The molecule has 21 heavy (non-hydrogen) atoms. The highest BCUT2D eigenvalue weighted by atomic mass is 15.0. The minimum absolute atomic E-state index is 0.851. The van der Waals surface area contributed by atoms with E-state index in [4.69, 9.17) is 0 Å². The summed E-state index contributed by atoms with van der Waals surface area (Å²) in [6, 6.07) is 8.33. The summed E-state index contributed by atoms with van der Waals surface area (Å²) in [7, 11) is 0. The van der Waals surface area contributed by atoms with Crippen LogP contribution < -0.4 is 5.32 Å². The lowest BCUT2D eigenvalue weighted by atomic mass is 10.1. The molecule has 0 atom stereocenters. The minimum atomic E-state index is 0.851. The van der Waals surface area contributed by atoms with Gasteiger partial charge in [-0.05, 0) is 48.9 Å². The normalized spacial score (nSPS) is 10.6. The summed E-state index contributed by atoms with van der Waals surface area (Å²) in [5.74, 6) is 1.70. The fourth-order valence-corrected chi connectivity index (χ4v) is 2.19. The average Bonchev–Trinajstić information content (AvgIpc) is 2.53. The van der Waals surface area contributed by atoms with Crippen molar-refractivity contribution in [3.8, 4) is 0 Å². The summed E-state index contributed by atoms with van der Waals surface area (Å²) in [5.41, 5.74) is 2.59. The third-order valence-electron chi connectivity index (χ3n) is 3.54. The Hall–Kier alpha value is -1.90. The van der Waals surface area contributed by atoms with Gasteiger partial charge >= 0.3 is 0 Å². The van der Waals surface area contributed by atoms with Crippen LogP contribution in [0.15, 0.2) is 36.7 Å². The number of pyridine rings is 2. The van der Waals surface area contributed by atoms with Crippen molar-refractivity contribution in [2.45, 2.75) is 52.4 Å².